The van der Waals surface area contributed by atoms with Crippen molar-refractivity contribution in [3.8, 4) is 0 Å². The Morgan fingerprint density at radius 1 is 1.42 bits per heavy atom. The van der Waals surface area contributed by atoms with Gasteiger partial charge in [-0.05, 0) is 51.2 Å². The minimum absolute atomic E-state index is 0.0885. The molecule has 0 aromatic carbocycles. The van der Waals surface area contributed by atoms with Crippen molar-refractivity contribution in [2.24, 2.45) is 13.0 Å². The van der Waals surface area contributed by atoms with E-state index in [1.807, 2.05) is 6.92 Å². The van der Waals surface area contributed by atoms with Crippen LogP contribution >= 0.6 is 11.6 Å². The number of pyridine rings is 1. The average molecular weight is 447 g/mol. The van der Waals surface area contributed by atoms with Gasteiger partial charge in [0.2, 0.25) is 0 Å². The highest BCUT2D eigenvalue weighted by molar-refractivity contribution is 6.30. The predicted molar refractivity (Wildman–Crippen MR) is 115 cm³/mol. The van der Waals surface area contributed by atoms with Crippen LogP contribution in [0.2, 0.25) is 5.15 Å². The number of aryl methyl sites for hydroxylation is 1. The summed E-state index contributed by atoms with van der Waals surface area (Å²) >= 11 is 6.35. The van der Waals surface area contributed by atoms with Gasteiger partial charge in [-0.1, -0.05) is 11.6 Å². The second-order valence-corrected chi connectivity index (χ2v) is 9.44. The number of nitrogens with zero attached hydrogens (tertiary/aromatic N) is 7. The van der Waals surface area contributed by atoms with Crippen LogP contribution in [-0.2, 0) is 17.2 Å². The van der Waals surface area contributed by atoms with Crippen LogP contribution in [0.5, 0.6) is 0 Å². The van der Waals surface area contributed by atoms with Gasteiger partial charge >= 0.3 is 0 Å². The zero-order valence-electron chi connectivity index (χ0n) is 18.1. The Labute approximate surface area is 185 Å². The molecule has 0 unspecified atom stereocenters. The van der Waals surface area contributed by atoms with E-state index in [1.54, 1.807) is 33.3 Å². The molecule has 0 radical (unpaired) electrons. The number of tetrazole rings is 1. The maximum absolute atomic E-state index is 10.5. The third-order valence-corrected chi connectivity index (χ3v) is 6.74. The predicted octanol–water partition coefficient (Wildman–Crippen LogP) is 2.45. The highest BCUT2D eigenvalue weighted by Crippen LogP contribution is 2.63. The topological polar surface area (TPSA) is 116 Å². The number of rotatable bonds is 6. The van der Waals surface area contributed by atoms with E-state index in [0.29, 0.717) is 17.2 Å². The molecule has 5 rings (SSSR count). The number of aliphatic hydroxyl groups is 1. The third kappa shape index (κ3) is 3.28. The smallest absolute Gasteiger partial charge is 0.181 e. The first-order valence-electron chi connectivity index (χ1n) is 10.6. The first-order valence-corrected chi connectivity index (χ1v) is 11.0. The Hall–Kier alpha value is -2.30. The number of halogens is 1. The normalized spacial score (nSPS) is 28.0. The van der Waals surface area contributed by atoms with Gasteiger partial charge in [-0.3, -0.25) is 0 Å². The van der Waals surface area contributed by atoms with Crippen LogP contribution in [0.4, 0.5) is 5.69 Å². The van der Waals surface area contributed by atoms with Gasteiger partial charge in [0.25, 0.3) is 0 Å². The second-order valence-electron chi connectivity index (χ2n) is 9.05. The maximum atomic E-state index is 10.5. The molecule has 0 saturated heterocycles. The summed E-state index contributed by atoms with van der Waals surface area (Å²) in [5.41, 5.74) is 2.08. The zero-order chi connectivity index (χ0) is 22.0. The van der Waals surface area contributed by atoms with E-state index in [0.717, 1.165) is 36.4 Å². The van der Waals surface area contributed by atoms with Crippen molar-refractivity contribution in [2.45, 2.75) is 63.4 Å². The highest BCUT2D eigenvalue weighted by Gasteiger charge is 2.63. The van der Waals surface area contributed by atoms with Crippen molar-refractivity contribution in [1.82, 2.24) is 34.7 Å². The van der Waals surface area contributed by atoms with Gasteiger partial charge in [-0.15, -0.1) is 10.2 Å². The van der Waals surface area contributed by atoms with Crippen LogP contribution < -0.4 is 5.32 Å². The van der Waals surface area contributed by atoms with E-state index in [9.17, 15) is 5.11 Å². The van der Waals surface area contributed by atoms with E-state index in [4.69, 9.17) is 16.3 Å². The number of nitrogens with one attached hydrogen (secondary N) is 1. The molecule has 2 N–H and O–H groups in total. The number of fused-ring (bicyclic) bond motifs is 2. The SMILES string of the molecule is CCNc1cc(Cl)nc2c1ncn2[C@@H]1[C@H]2CC[C@@]2(c2nnn(C)n2)C[C@H]1OC(C)(C)O. The largest absolute Gasteiger partial charge is 0.383 e. The van der Waals surface area contributed by atoms with Gasteiger partial charge in [0, 0.05) is 18.0 Å². The van der Waals surface area contributed by atoms with Crippen LogP contribution in [0.1, 0.15) is 51.9 Å². The fourth-order valence-corrected chi connectivity index (χ4v) is 5.57. The lowest BCUT2D eigenvalue weighted by molar-refractivity contribution is -0.211. The van der Waals surface area contributed by atoms with E-state index >= 15 is 0 Å². The summed E-state index contributed by atoms with van der Waals surface area (Å²) < 4.78 is 8.23. The summed E-state index contributed by atoms with van der Waals surface area (Å²) in [7, 11) is 1.77. The highest BCUT2D eigenvalue weighted by atomic mass is 35.5. The van der Waals surface area contributed by atoms with Crippen molar-refractivity contribution in [3.05, 3.63) is 23.4 Å². The van der Waals surface area contributed by atoms with Crippen molar-refractivity contribution >= 4 is 28.5 Å². The van der Waals surface area contributed by atoms with Crippen molar-refractivity contribution in [2.75, 3.05) is 11.9 Å². The molecule has 3 aromatic rings. The Balaban J connectivity index is 1.62. The van der Waals surface area contributed by atoms with Crippen molar-refractivity contribution < 1.29 is 9.84 Å². The molecule has 3 aromatic heterocycles. The molecule has 2 saturated carbocycles. The molecule has 3 heterocycles. The van der Waals surface area contributed by atoms with Crippen molar-refractivity contribution in [1.29, 1.82) is 0 Å². The minimum Gasteiger partial charge on any atom is -0.383 e. The lowest BCUT2D eigenvalue weighted by atomic mass is 9.60. The lowest BCUT2D eigenvalue weighted by Crippen LogP contribution is -2.43. The Bertz CT molecular complexity index is 1120. The van der Waals surface area contributed by atoms with Gasteiger partial charge in [0.05, 0.1) is 31.2 Å². The van der Waals surface area contributed by atoms with Gasteiger partial charge in [0.1, 0.15) is 10.7 Å². The minimum atomic E-state index is -1.28. The summed E-state index contributed by atoms with van der Waals surface area (Å²) in [4.78, 5) is 10.7. The molecule has 0 spiro atoms. The first kappa shape index (κ1) is 20.6. The van der Waals surface area contributed by atoms with Gasteiger partial charge in [0.15, 0.2) is 17.3 Å². The quantitative estimate of drug-likeness (QED) is 0.438. The zero-order valence-corrected chi connectivity index (χ0v) is 18.8. The number of hydrogen-bond donors (Lipinski definition) is 2. The Morgan fingerprint density at radius 2 is 2.23 bits per heavy atom. The van der Waals surface area contributed by atoms with Crippen molar-refractivity contribution in [3.63, 3.8) is 0 Å². The van der Waals surface area contributed by atoms with Crippen LogP contribution in [0, 0.1) is 5.92 Å². The Morgan fingerprint density at radius 3 is 2.84 bits per heavy atom. The lowest BCUT2D eigenvalue weighted by Gasteiger charge is -2.44. The van der Waals surface area contributed by atoms with Crippen LogP contribution in [-0.4, -0.2) is 58.3 Å². The molecule has 2 aliphatic carbocycles. The summed E-state index contributed by atoms with van der Waals surface area (Å²) in [5.74, 6) is -0.327. The van der Waals surface area contributed by atoms with Crippen LogP contribution in [0.15, 0.2) is 12.4 Å². The summed E-state index contributed by atoms with van der Waals surface area (Å²) in [5, 5.41) is 27.1. The number of hydrogen-bond acceptors (Lipinski definition) is 8. The number of ether oxygens (including phenoxy) is 1. The number of imidazole rings is 1. The van der Waals surface area contributed by atoms with Gasteiger partial charge in [-0.2, -0.15) is 4.80 Å². The molecule has 166 valence electrons. The summed E-state index contributed by atoms with van der Waals surface area (Å²) in [6.07, 6.45) is 4.18. The van der Waals surface area contributed by atoms with E-state index in [2.05, 4.69) is 35.3 Å². The van der Waals surface area contributed by atoms with Gasteiger partial charge < -0.3 is 19.7 Å². The molecule has 4 atom stereocenters. The standard InChI is InChI=1S/C20H27ClN8O2/c1-5-22-12-8-14(21)24-17-15(12)23-10-29(17)16-11-6-7-20(11,18-25-27-28(4)26-18)9-13(16)31-19(2,3)30/h8,10-11,13,16,30H,5-7,9H2,1-4H3,(H,22,24)/t11-,13-,16-,20-/m1/s1. The maximum Gasteiger partial charge on any atom is 0.181 e. The molecular formula is C20H27ClN8O2. The van der Waals surface area contributed by atoms with E-state index in [1.165, 1.54) is 4.80 Å². The molecular weight excluding hydrogens is 420 g/mol. The molecule has 10 nitrogen and oxygen atoms in total. The van der Waals surface area contributed by atoms with E-state index in [-0.39, 0.29) is 23.5 Å². The fraction of sp³-hybridized carbons (Fsp3) is 0.650. The molecule has 0 amide bonds. The first-order chi connectivity index (χ1) is 14.7. The molecule has 0 aliphatic heterocycles. The molecule has 31 heavy (non-hydrogen) atoms. The third-order valence-electron chi connectivity index (χ3n) is 6.55. The molecule has 2 aliphatic rings. The number of anilines is 1. The van der Waals surface area contributed by atoms with Gasteiger partial charge in [-0.25, -0.2) is 9.97 Å². The fourth-order valence-electron chi connectivity index (χ4n) is 5.38. The second kappa shape index (κ2) is 7.11. The molecule has 2 fully saturated rings. The number of aromatic nitrogens is 7. The molecule has 11 heteroatoms. The Kier molecular flexibility index (Phi) is 4.72. The van der Waals surface area contributed by atoms with Crippen LogP contribution in [0.3, 0.4) is 0 Å². The molecule has 0 bridgehead atoms. The monoisotopic (exact) mass is 446 g/mol. The van der Waals surface area contributed by atoms with E-state index < -0.39 is 5.79 Å². The summed E-state index contributed by atoms with van der Waals surface area (Å²) in [6.45, 7) is 6.09. The summed E-state index contributed by atoms with van der Waals surface area (Å²) in [6, 6.07) is 1.70. The average Bonchev–Trinajstić information content (AvgIpc) is 3.32. The van der Waals surface area contributed by atoms with Crippen LogP contribution in [0.25, 0.3) is 11.2 Å².